The second-order valence-corrected chi connectivity index (χ2v) is 4.70. The third kappa shape index (κ3) is 2.28. The number of esters is 1. The highest BCUT2D eigenvalue weighted by molar-refractivity contribution is 5.99. The van der Waals surface area contributed by atoms with Crippen molar-refractivity contribution in [3.05, 3.63) is 58.1 Å². The number of H-pyrrole nitrogens is 2. The monoisotopic (exact) mass is 300 g/mol. The molecule has 0 aliphatic heterocycles. The molecule has 0 saturated carbocycles. The van der Waals surface area contributed by atoms with E-state index in [1.54, 1.807) is 25.3 Å². The smallest absolute Gasteiger partial charge is 0.344 e. The number of benzene rings is 1. The maximum atomic E-state index is 13.4. The highest BCUT2D eigenvalue weighted by Gasteiger charge is 2.21. The van der Waals surface area contributed by atoms with Gasteiger partial charge in [0.1, 0.15) is 11.4 Å². The van der Waals surface area contributed by atoms with Gasteiger partial charge >= 0.3 is 5.97 Å². The Balaban J connectivity index is 2.37. The molecule has 0 radical (unpaired) electrons. The number of halogens is 1. The molecule has 0 aliphatic rings. The molecule has 0 spiro atoms. The number of hydrogen-bond donors (Lipinski definition) is 2. The minimum absolute atomic E-state index is 0.110. The minimum Gasteiger partial charge on any atom is -0.462 e. The SMILES string of the molecule is CCOC(=O)c1c(-c2ccc[nH]2)[nH]c2ccc(F)cc2c1=O. The van der Waals surface area contributed by atoms with Crippen LogP contribution in [0.3, 0.4) is 0 Å². The number of ether oxygens (including phenoxy) is 1. The first kappa shape index (κ1) is 14.1. The summed E-state index contributed by atoms with van der Waals surface area (Å²) in [6, 6.07) is 7.30. The lowest BCUT2D eigenvalue weighted by Gasteiger charge is -2.09. The van der Waals surface area contributed by atoms with Crippen LogP contribution in [0.1, 0.15) is 17.3 Å². The first-order valence-electron chi connectivity index (χ1n) is 6.78. The molecule has 112 valence electrons. The molecule has 0 unspecified atom stereocenters. The Kier molecular flexibility index (Phi) is 3.50. The summed E-state index contributed by atoms with van der Waals surface area (Å²) in [5.41, 5.74) is 0.654. The zero-order valence-electron chi connectivity index (χ0n) is 11.8. The Morgan fingerprint density at radius 2 is 2.14 bits per heavy atom. The average Bonchev–Trinajstić information content (AvgIpc) is 3.02. The van der Waals surface area contributed by atoms with Gasteiger partial charge in [0.15, 0.2) is 0 Å². The second-order valence-electron chi connectivity index (χ2n) is 4.70. The third-order valence-electron chi connectivity index (χ3n) is 3.31. The van der Waals surface area contributed by atoms with E-state index in [1.807, 2.05) is 0 Å². The van der Waals surface area contributed by atoms with Gasteiger partial charge in [0.25, 0.3) is 0 Å². The number of nitrogens with one attached hydrogen (secondary N) is 2. The number of fused-ring (bicyclic) bond motifs is 1. The zero-order valence-corrected chi connectivity index (χ0v) is 11.8. The molecule has 0 atom stereocenters. The van der Waals surface area contributed by atoms with Gasteiger partial charge in [0, 0.05) is 11.6 Å². The lowest BCUT2D eigenvalue weighted by Crippen LogP contribution is -2.20. The summed E-state index contributed by atoms with van der Waals surface area (Å²) in [5, 5.41) is 0.110. The van der Waals surface area contributed by atoms with Gasteiger partial charge in [-0.1, -0.05) is 0 Å². The molecule has 3 rings (SSSR count). The minimum atomic E-state index is -0.737. The van der Waals surface area contributed by atoms with Gasteiger partial charge in [-0.15, -0.1) is 0 Å². The van der Waals surface area contributed by atoms with E-state index in [0.29, 0.717) is 16.9 Å². The van der Waals surface area contributed by atoms with E-state index in [9.17, 15) is 14.0 Å². The molecular formula is C16H13FN2O3. The van der Waals surface area contributed by atoms with Gasteiger partial charge < -0.3 is 14.7 Å². The molecule has 2 aromatic heterocycles. The molecule has 0 saturated heterocycles. The number of carbonyl (C=O) groups is 1. The van der Waals surface area contributed by atoms with Crippen molar-refractivity contribution in [3.8, 4) is 11.4 Å². The zero-order chi connectivity index (χ0) is 15.7. The van der Waals surface area contributed by atoms with Crippen LogP contribution in [-0.2, 0) is 4.74 Å². The van der Waals surface area contributed by atoms with E-state index in [2.05, 4.69) is 9.97 Å². The molecule has 2 N–H and O–H groups in total. The molecule has 2 heterocycles. The van der Waals surface area contributed by atoms with Crippen LogP contribution in [0.2, 0.25) is 0 Å². The van der Waals surface area contributed by atoms with E-state index >= 15 is 0 Å². The number of hydrogen-bond acceptors (Lipinski definition) is 3. The second kappa shape index (κ2) is 5.48. The molecule has 3 aromatic rings. The molecule has 22 heavy (non-hydrogen) atoms. The average molecular weight is 300 g/mol. The molecule has 5 nitrogen and oxygen atoms in total. The summed E-state index contributed by atoms with van der Waals surface area (Å²) in [6.45, 7) is 1.80. The Morgan fingerprint density at radius 1 is 1.32 bits per heavy atom. The van der Waals surface area contributed by atoms with Crippen LogP contribution in [-0.4, -0.2) is 22.5 Å². The van der Waals surface area contributed by atoms with Crippen LogP contribution in [0, 0.1) is 5.82 Å². The van der Waals surface area contributed by atoms with Crippen molar-refractivity contribution in [2.24, 2.45) is 0 Å². The van der Waals surface area contributed by atoms with Gasteiger partial charge in [-0.2, -0.15) is 0 Å². The van der Waals surface area contributed by atoms with Crippen LogP contribution >= 0.6 is 0 Å². The van der Waals surface area contributed by atoms with Crippen molar-refractivity contribution in [1.29, 1.82) is 0 Å². The quantitative estimate of drug-likeness (QED) is 0.730. The van der Waals surface area contributed by atoms with Gasteiger partial charge in [-0.3, -0.25) is 4.79 Å². The highest BCUT2D eigenvalue weighted by Crippen LogP contribution is 2.22. The Morgan fingerprint density at radius 3 is 2.82 bits per heavy atom. The van der Waals surface area contributed by atoms with E-state index in [1.165, 1.54) is 12.1 Å². The predicted octanol–water partition coefficient (Wildman–Crippen LogP) is 2.84. The molecule has 0 fully saturated rings. The summed E-state index contributed by atoms with van der Waals surface area (Å²) in [6.07, 6.45) is 1.68. The van der Waals surface area contributed by atoms with Crippen molar-refractivity contribution in [2.75, 3.05) is 6.61 Å². The summed E-state index contributed by atoms with van der Waals surface area (Å²) in [5.74, 6) is -1.28. The maximum Gasteiger partial charge on any atom is 0.344 e. The lowest BCUT2D eigenvalue weighted by atomic mass is 10.1. The highest BCUT2D eigenvalue weighted by atomic mass is 19.1. The standard InChI is InChI=1S/C16H13FN2O3/c1-2-22-16(21)13-14(12-4-3-7-18-12)19-11-6-5-9(17)8-10(11)15(13)20/h3-8,18H,2H2,1H3,(H,19,20). The fourth-order valence-corrected chi connectivity index (χ4v) is 2.34. The molecule has 1 aromatic carbocycles. The van der Waals surface area contributed by atoms with Gasteiger partial charge in [0.05, 0.1) is 23.5 Å². The van der Waals surface area contributed by atoms with E-state index < -0.39 is 17.2 Å². The number of pyridine rings is 1. The van der Waals surface area contributed by atoms with Crippen molar-refractivity contribution >= 4 is 16.9 Å². The van der Waals surface area contributed by atoms with Crippen LogP contribution in [0.4, 0.5) is 4.39 Å². The van der Waals surface area contributed by atoms with Crippen molar-refractivity contribution in [3.63, 3.8) is 0 Å². The van der Waals surface area contributed by atoms with Crippen LogP contribution in [0.25, 0.3) is 22.3 Å². The first-order valence-corrected chi connectivity index (χ1v) is 6.78. The van der Waals surface area contributed by atoms with Gasteiger partial charge in [0.2, 0.25) is 5.43 Å². The fraction of sp³-hybridized carbons (Fsp3) is 0.125. The van der Waals surface area contributed by atoms with E-state index in [4.69, 9.17) is 4.74 Å². The fourth-order valence-electron chi connectivity index (χ4n) is 2.34. The largest absolute Gasteiger partial charge is 0.462 e. The Bertz CT molecular complexity index is 898. The number of rotatable bonds is 3. The lowest BCUT2D eigenvalue weighted by molar-refractivity contribution is 0.0525. The van der Waals surface area contributed by atoms with E-state index in [0.717, 1.165) is 6.07 Å². The van der Waals surface area contributed by atoms with Crippen molar-refractivity contribution in [1.82, 2.24) is 9.97 Å². The number of aromatic nitrogens is 2. The summed E-state index contributed by atoms with van der Waals surface area (Å²) in [4.78, 5) is 30.7. The van der Waals surface area contributed by atoms with Crippen LogP contribution < -0.4 is 5.43 Å². The van der Waals surface area contributed by atoms with E-state index in [-0.39, 0.29) is 17.6 Å². The van der Waals surface area contributed by atoms with Crippen LogP contribution in [0.5, 0.6) is 0 Å². The molecule has 0 amide bonds. The molecule has 0 aliphatic carbocycles. The summed E-state index contributed by atoms with van der Waals surface area (Å²) >= 11 is 0. The topological polar surface area (TPSA) is 75.0 Å². The predicted molar refractivity (Wildman–Crippen MR) is 80.3 cm³/mol. The molecule has 6 heteroatoms. The van der Waals surface area contributed by atoms with Gasteiger partial charge in [-0.05, 0) is 37.3 Å². The first-order chi connectivity index (χ1) is 10.6. The summed E-state index contributed by atoms with van der Waals surface area (Å²) < 4.78 is 18.4. The van der Waals surface area contributed by atoms with Crippen molar-refractivity contribution in [2.45, 2.75) is 6.92 Å². The Hall–Kier alpha value is -2.89. The Labute approximate surface area is 124 Å². The van der Waals surface area contributed by atoms with Crippen molar-refractivity contribution < 1.29 is 13.9 Å². The maximum absolute atomic E-state index is 13.4. The summed E-state index contributed by atoms with van der Waals surface area (Å²) in [7, 11) is 0. The molecule has 0 bridgehead atoms. The number of aromatic amines is 2. The van der Waals surface area contributed by atoms with Gasteiger partial charge in [-0.25, -0.2) is 9.18 Å². The number of carbonyl (C=O) groups excluding carboxylic acids is 1. The normalized spacial score (nSPS) is 10.8. The van der Waals surface area contributed by atoms with Crippen LogP contribution in [0.15, 0.2) is 41.3 Å². The molecular weight excluding hydrogens is 287 g/mol. The third-order valence-corrected chi connectivity index (χ3v) is 3.31.